The lowest BCUT2D eigenvalue weighted by Crippen LogP contribution is -2.19. The first-order valence-electron chi connectivity index (χ1n) is 8.29. The second kappa shape index (κ2) is 8.04. The number of halogens is 2. The number of nitrogens with one attached hydrogen (secondary N) is 1. The van der Waals surface area contributed by atoms with Crippen molar-refractivity contribution >= 4 is 39.7 Å². The van der Waals surface area contributed by atoms with E-state index in [0.29, 0.717) is 27.5 Å². The van der Waals surface area contributed by atoms with Crippen molar-refractivity contribution in [1.29, 1.82) is 0 Å². The molecule has 0 fully saturated rings. The number of fused-ring (bicyclic) bond motifs is 1. The number of hydrogen-bond donors (Lipinski definition) is 1. The number of benzene rings is 2. The van der Waals surface area contributed by atoms with Gasteiger partial charge in [-0.3, -0.25) is 9.48 Å². The Morgan fingerprint density at radius 3 is 2.86 bits per heavy atom. The van der Waals surface area contributed by atoms with Gasteiger partial charge in [0.1, 0.15) is 0 Å². The molecule has 0 spiro atoms. The molecule has 1 amide bonds. The van der Waals surface area contributed by atoms with Gasteiger partial charge in [-0.2, -0.15) is 10.2 Å². The van der Waals surface area contributed by atoms with E-state index in [1.807, 2.05) is 30.3 Å². The third kappa shape index (κ3) is 4.18. The van der Waals surface area contributed by atoms with Crippen LogP contribution in [0.4, 0.5) is 0 Å². The van der Waals surface area contributed by atoms with Gasteiger partial charge in [0, 0.05) is 11.2 Å². The zero-order valence-corrected chi connectivity index (χ0v) is 16.8. The molecule has 1 N–H and O–H groups in total. The number of rotatable bonds is 5. The maximum atomic E-state index is 12.4. The summed E-state index contributed by atoms with van der Waals surface area (Å²) in [6, 6.07) is 12.8. The number of hydrogen-bond acceptors (Lipinski definition) is 5. The molecule has 0 radical (unpaired) electrons. The number of carbonyl (C=O) groups is 1. The van der Waals surface area contributed by atoms with Crippen LogP contribution >= 0.6 is 27.5 Å². The first kappa shape index (κ1) is 18.5. The summed E-state index contributed by atoms with van der Waals surface area (Å²) in [7, 11) is 0. The van der Waals surface area contributed by atoms with Crippen molar-refractivity contribution in [2.45, 2.75) is 6.54 Å². The maximum absolute atomic E-state index is 12.4. The third-order valence-electron chi connectivity index (χ3n) is 3.97. The minimum Gasteiger partial charge on any atom is -0.454 e. The first-order chi connectivity index (χ1) is 13.6. The Morgan fingerprint density at radius 2 is 2.04 bits per heavy atom. The van der Waals surface area contributed by atoms with Crippen molar-refractivity contribution < 1.29 is 14.3 Å². The Hall–Kier alpha value is -2.84. The van der Waals surface area contributed by atoms with E-state index in [1.165, 1.54) is 6.21 Å². The molecule has 0 aliphatic carbocycles. The first-order valence-corrected chi connectivity index (χ1v) is 9.46. The van der Waals surface area contributed by atoms with E-state index >= 15 is 0 Å². The Morgan fingerprint density at radius 1 is 1.25 bits per heavy atom. The van der Waals surface area contributed by atoms with E-state index in [1.54, 1.807) is 23.0 Å². The van der Waals surface area contributed by atoms with Crippen molar-refractivity contribution in [2.24, 2.45) is 5.10 Å². The minimum absolute atomic E-state index is 0.208. The topological polar surface area (TPSA) is 77.7 Å². The van der Waals surface area contributed by atoms with Crippen molar-refractivity contribution in [1.82, 2.24) is 15.2 Å². The molecule has 0 saturated heterocycles. The third-order valence-corrected chi connectivity index (χ3v) is 4.80. The highest BCUT2D eigenvalue weighted by atomic mass is 79.9. The fraction of sp³-hybridized carbons (Fsp3) is 0.105. The predicted molar refractivity (Wildman–Crippen MR) is 108 cm³/mol. The number of hydrazone groups is 1. The van der Waals surface area contributed by atoms with Gasteiger partial charge in [0.2, 0.25) is 6.79 Å². The maximum Gasteiger partial charge on any atom is 0.293 e. The highest BCUT2D eigenvalue weighted by Gasteiger charge is 2.15. The number of amides is 1. The van der Waals surface area contributed by atoms with Crippen LogP contribution < -0.4 is 14.9 Å². The molecule has 28 heavy (non-hydrogen) atoms. The van der Waals surface area contributed by atoms with E-state index in [-0.39, 0.29) is 12.5 Å². The van der Waals surface area contributed by atoms with Crippen LogP contribution in [0.5, 0.6) is 11.5 Å². The second-order valence-corrected chi connectivity index (χ2v) is 7.25. The molecule has 0 bridgehead atoms. The molecule has 0 saturated carbocycles. The van der Waals surface area contributed by atoms with Crippen LogP contribution in [-0.2, 0) is 6.54 Å². The van der Waals surface area contributed by atoms with Crippen LogP contribution in [-0.4, -0.2) is 28.7 Å². The van der Waals surface area contributed by atoms with Crippen molar-refractivity contribution in [2.75, 3.05) is 6.79 Å². The molecule has 3 aromatic rings. The van der Waals surface area contributed by atoms with E-state index in [0.717, 1.165) is 11.1 Å². The lowest BCUT2D eigenvalue weighted by atomic mass is 10.2. The molecule has 2 aromatic carbocycles. The molecule has 4 rings (SSSR count). The summed E-state index contributed by atoms with van der Waals surface area (Å²) in [6.07, 6.45) is 3.27. The van der Waals surface area contributed by atoms with Gasteiger partial charge in [-0.15, -0.1) is 0 Å². The van der Waals surface area contributed by atoms with E-state index in [2.05, 4.69) is 31.6 Å². The van der Waals surface area contributed by atoms with Gasteiger partial charge in [-0.25, -0.2) is 5.43 Å². The quantitative estimate of drug-likeness (QED) is 0.463. The molecular weight excluding hydrogens is 448 g/mol. The largest absolute Gasteiger partial charge is 0.454 e. The van der Waals surface area contributed by atoms with Gasteiger partial charge in [-0.1, -0.05) is 23.7 Å². The summed E-state index contributed by atoms with van der Waals surface area (Å²) in [4.78, 5) is 12.4. The molecule has 0 unspecified atom stereocenters. The lowest BCUT2D eigenvalue weighted by molar-refractivity contribution is 0.0948. The van der Waals surface area contributed by atoms with E-state index in [4.69, 9.17) is 21.1 Å². The fourth-order valence-corrected chi connectivity index (χ4v) is 3.24. The minimum atomic E-state index is -0.418. The Bertz CT molecular complexity index is 1050. The Labute approximate surface area is 174 Å². The zero-order valence-electron chi connectivity index (χ0n) is 14.4. The molecule has 142 valence electrons. The predicted octanol–water partition coefficient (Wildman–Crippen LogP) is 3.84. The van der Waals surface area contributed by atoms with Crippen LogP contribution in [0.3, 0.4) is 0 Å². The monoisotopic (exact) mass is 460 g/mol. The van der Waals surface area contributed by atoms with Crippen LogP contribution in [0.1, 0.15) is 21.6 Å². The molecular formula is C19H14BrClN4O3. The van der Waals surface area contributed by atoms with Gasteiger partial charge >= 0.3 is 0 Å². The van der Waals surface area contributed by atoms with Crippen molar-refractivity contribution in [3.63, 3.8) is 0 Å². The summed E-state index contributed by atoms with van der Waals surface area (Å²) in [5.41, 5.74) is 4.52. The average Bonchev–Trinajstić information content (AvgIpc) is 3.29. The second-order valence-electron chi connectivity index (χ2n) is 5.96. The fourth-order valence-electron chi connectivity index (χ4n) is 2.62. The normalized spacial score (nSPS) is 12.5. The van der Waals surface area contributed by atoms with E-state index in [9.17, 15) is 4.79 Å². The standard InChI is InChI=1S/C19H14BrClN4O3/c20-15-10-25(9-12-1-4-14(21)5-2-12)24-18(15)19(26)23-22-8-13-3-6-16-17(7-13)28-11-27-16/h1-8,10H,9,11H2,(H,23,26). The Kier molecular flexibility index (Phi) is 5.31. The summed E-state index contributed by atoms with van der Waals surface area (Å²) < 4.78 is 12.8. The summed E-state index contributed by atoms with van der Waals surface area (Å²) in [5, 5.41) is 8.97. The van der Waals surface area contributed by atoms with Crippen LogP contribution in [0.25, 0.3) is 0 Å². The van der Waals surface area contributed by atoms with Crippen LogP contribution in [0, 0.1) is 0 Å². The van der Waals surface area contributed by atoms with Gasteiger partial charge in [0.25, 0.3) is 5.91 Å². The van der Waals surface area contributed by atoms with Gasteiger partial charge in [0.05, 0.1) is 17.2 Å². The van der Waals surface area contributed by atoms with Crippen molar-refractivity contribution in [3.05, 3.63) is 75.0 Å². The summed E-state index contributed by atoms with van der Waals surface area (Å²) in [5.74, 6) is 0.925. The van der Waals surface area contributed by atoms with Crippen molar-refractivity contribution in [3.8, 4) is 11.5 Å². The van der Waals surface area contributed by atoms with Crippen LogP contribution in [0.15, 0.2) is 58.2 Å². The molecule has 9 heteroatoms. The SMILES string of the molecule is O=C(NN=Cc1ccc2c(c1)OCO2)c1nn(Cc2ccc(Cl)cc2)cc1Br. The number of ether oxygens (including phenoxy) is 2. The number of carbonyl (C=O) groups excluding carboxylic acids is 1. The van der Waals surface area contributed by atoms with Gasteiger partial charge in [0.15, 0.2) is 17.2 Å². The number of nitrogens with zero attached hydrogens (tertiary/aromatic N) is 3. The molecule has 0 atom stereocenters. The smallest absolute Gasteiger partial charge is 0.293 e. The molecule has 1 aliphatic heterocycles. The highest BCUT2D eigenvalue weighted by molar-refractivity contribution is 9.10. The molecule has 1 aliphatic rings. The molecule has 2 heterocycles. The lowest BCUT2D eigenvalue weighted by Gasteiger charge is -2.02. The molecule has 1 aromatic heterocycles. The average molecular weight is 462 g/mol. The van der Waals surface area contributed by atoms with Crippen LogP contribution in [0.2, 0.25) is 5.02 Å². The highest BCUT2D eigenvalue weighted by Crippen LogP contribution is 2.31. The summed E-state index contributed by atoms with van der Waals surface area (Å²) in [6.45, 7) is 0.725. The number of aromatic nitrogens is 2. The van der Waals surface area contributed by atoms with Gasteiger partial charge in [-0.05, 0) is 57.4 Å². The van der Waals surface area contributed by atoms with Gasteiger partial charge < -0.3 is 9.47 Å². The zero-order chi connectivity index (χ0) is 19.5. The van der Waals surface area contributed by atoms with E-state index < -0.39 is 5.91 Å². The molecule has 7 nitrogen and oxygen atoms in total. The summed E-state index contributed by atoms with van der Waals surface area (Å²) >= 11 is 9.26. The Balaban J connectivity index is 1.40.